The van der Waals surface area contributed by atoms with E-state index in [-0.39, 0.29) is 23.6 Å². The number of rotatable bonds is 4. The number of carbonyl (C=O) groups is 1. The van der Waals surface area contributed by atoms with Crippen LogP contribution in [-0.4, -0.2) is 44.5 Å². The van der Waals surface area contributed by atoms with Gasteiger partial charge in [-0.05, 0) is 30.4 Å². The van der Waals surface area contributed by atoms with Crippen molar-refractivity contribution in [2.75, 3.05) is 13.1 Å². The predicted octanol–water partition coefficient (Wildman–Crippen LogP) is 2.24. The van der Waals surface area contributed by atoms with E-state index in [2.05, 4.69) is 20.6 Å². The van der Waals surface area contributed by atoms with Crippen LogP contribution >= 0.6 is 0 Å². The van der Waals surface area contributed by atoms with Gasteiger partial charge in [-0.3, -0.25) is 4.79 Å². The molecule has 1 aromatic heterocycles. The molecule has 23 heavy (non-hydrogen) atoms. The summed E-state index contributed by atoms with van der Waals surface area (Å²) in [7, 11) is 0. The number of nitrogens with one attached hydrogen (secondary N) is 1. The van der Waals surface area contributed by atoms with Crippen LogP contribution in [-0.2, 0) is 4.79 Å². The number of tetrazole rings is 1. The molecule has 0 unspecified atom stereocenters. The minimum atomic E-state index is -0.254. The predicted molar refractivity (Wildman–Crippen MR) is 82.2 cm³/mol. The van der Waals surface area contributed by atoms with E-state index >= 15 is 0 Å². The Morgan fingerprint density at radius 2 is 2.30 bits per heavy atom. The molecule has 0 bridgehead atoms. The van der Waals surface area contributed by atoms with Gasteiger partial charge in [-0.15, -0.1) is 10.2 Å². The van der Waals surface area contributed by atoms with E-state index in [1.54, 1.807) is 18.2 Å². The normalized spacial score (nSPS) is 19.6. The fraction of sp³-hybridized carbons (Fsp3) is 0.500. The number of halogens is 1. The monoisotopic (exact) mass is 317 g/mol. The maximum Gasteiger partial charge on any atom is 0.223 e. The molecular formula is C16H20FN5O. The van der Waals surface area contributed by atoms with Crippen molar-refractivity contribution in [3.8, 4) is 0 Å². The first-order valence-corrected chi connectivity index (χ1v) is 7.90. The third-order valence-corrected chi connectivity index (χ3v) is 4.42. The molecule has 1 saturated heterocycles. The quantitative estimate of drug-likeness (QED) is 0.938. The van der Waals surface area contributed by atoms with E-state index in [1.165, 1.54) is 6.07 Å². The smallest absolute Gasteiger partial charge is 0.223 e. The molecule has 0 saturated carbocycles. The van der Waals surface area contributed by atoms with Gasteiger partial charge in [0.2, 0.25) is 5.91 Å². The Morgan fingerprint density at radius 1 is 1.48 bits per heavy atom. The molecule has 1 aliphatic heterocycles. The Balaban J connectivity index is 1.62. The highest BCUT2D eigenvalue weighted by molar-refractivity contribution is 5.77. The van der Waals surface area contributed by atoms with E-state index in [9.17, 15) is 9.18 Å². The van der Waals surface area contributed by atoms with Gasteiger partial charge in [-0.25, -0.2) is 4.39 Å². The van der Waals surface area contributed by atoms with Gasteiger partial charge in [-0.2, -0.15) is 5.21 Å². The van der Waals surface area contributed by atoms with Crippen molar-refractivity contribution >= 4 is 5.91 Å². The van der Waals surface area contributed by atoms with Crippen LogP contribution in [0, 0.1) is 5.82 Å². The second-order valence-corrected chi connectivity index (χ2v) is 6.08. The van der Waals surface area contributed by atoms with E-state index in [0.29, 0.717) is 24.4 Å². The van der Waals surface area contributed by atoms with Gasteiger partial charge in [0.25, 0.3) is 0 Å². The summed E-state index contributed by atoms with van der Waals surface area (Å²) >= 11 is 0. The summed E-state index contributed by atoms with van der Waals surface area (Å²) in [5, 5.41) is 14.1. The number of piperidine rings is 1. The molecule has 122 valence electrons. The van der Waals surface area contributed by atoms with Gasteiger partial charge >= 0.3 is 0 Å². The molecule has 2 heterocycles. The van der Waals surface area contributed by atoms with Crippen molar-refractivity contribution in [3.63, 3.8) is 0 Å². The molecule has 1 N–H and O–H groups in total. The number of hydrogen-bond donors (Lipinski definition) is 1. The highest BCUT2D eigenvalue weighted by Gasteiger charge is 2.28. The Labute approximate surface area is 134 Å². The molecule has 2 aromatic rings. The summed E-state index contributed by atoms with van der Waals surface area (Å²) in [6.45, 7) is 3.22. The van der Waals surface area contributed by atoms with Crippen molar-refractivity contribution in [1.82, 2.24) is 25.5 Å². The highest BCUT2D eigenvalue weighted by atomic mass is 19.1. The number of aromatic nitrogens is 4. The zero-order valence-electron chi connectivity index (χ0n) is 13.1. The lowest BCUT2D eigenvalue weighted by Crippen LogP contribution is -2.39. The van der Waals surface area contributed by atoms with E-state index in [4.69, 9.17) is 0 Å². The topological polar surface area (TPSA) is 74.8 Å². The van der Waals surface area contributed by atoms with Crippen LogP contribution < -0.4 is 0 Å². The largest absolute Gasteiger partial charge is 0.342 e. The first-order valence-electron chi connectivity index (χ1n) is 7.90. The van der Waals surface area contributed by atoms with Gasteiger partial charge in [-0.1, -0.05) is 30.3 Å². The number of H-pyrrole nitrogens is 1. The van der Waals surface area contributed by atoms with Crippen molar-refractivity contribution in [1.29, 1.82) is 0 Å². The Morgan fingerprint density at radius 3 is 3.04 bits per heavy atom. The van der Waals surface area contributed by atoms with E-state index in [0.717, 1.165) is 19.4 Å². The zero-order chi connectivity index (χ0) is 16.2. The summed E-state index contributed by atoms with van der Waals surface area (Å²) < 4.78 is 13.8. The Kier molecular flexibility index (Phi) is 4.64. The summed E-state index contributed by atoms with van der Waals surface area (Å²) in [5.41, 5.74) is 0.590. The van der Waals surface area contributed by atoms with Crippen molar-refractivity contribution in [2.24, 2.45) is 0 Å². The number of hydrogen-bond acceptors (Lipinski definition) is 4. The number of nitrogens with zero attached hydrogens (tertiary/aromatic N) is 4. The van der Waals surface area contributed by atoms with Gasteiger partial charge in [0.05, 0.1) is 0 Å². The fourth-order valence-corrected chi connectivity index (χ4v) is 3.13. The number of benzene rings is 1. The number of amides is 1. The number of aromatic amines is 1. The maximum atomic E-state index is 13.8. The van der Waals surface area contributed by atoms with Gasteiger partial charge in [0.1, 0.15) is 5.82 Å². The first-order chi connectivity index (χ1) is 11.1. The van der Waals surface area contributed by atoms with E-state index in [1.807, 2.05) is 11.8 Å². The third-order valence-electron chi connectivity index (χ3n) is 4.42. The average molecular weight is 317 g/mol. The van der Waals surface area contributed by atoms with E-state index < -0.39 is 0 Å². The average Bonchev–Trinajstić information content (AvgIpc) is 3.10. The molecule has 3 rings (SSSR count). The minimum absolute atomic E-state index is 0.0500. The molecule has 1 aliphatic rings. The van der Waals surface area contributed by atoms with Crippen LogP contribution in [0.3, 0.4) is 0 Å². The zero-order valence-corrected chi connectivity index (χ0v) is 13.1. The SMILES string of the molecule is C[C@H](CC(=O)N1CCC[C@@H](c2nn[nH]n2)C1)c1ccccc1F. The summed E-state index contributed by atoms with van der Waals surface area (Å²) in [5.74, 6) is 0.430. The molecular weight excluding hydrogens is 297 g/mol. The second-order valence-electron chi connectivity index (χ2n) is 6.08. The summed E-state index contributed by atoms with van der Waals surface area (Å²) in [4.78, 5) is 14.4. The van der Waals surface area contributed by atoms with Crippen LogP contribution in [0.25, 0.3) is 0 Å². The lowest BCUT2D eigenvalue weighted by molar-refractivity contribution is -0.132. The van der Waals surface area contributed by atoms with Gasteiger partial charge in [0, 0.05) is 25.4 Å². The standard InChI is InChI=1S/C16H20FN5O/c1-11(13-6-2-3-7-14(13)17)9-15(23)22-8-4-5-12(10-22)16-18-20-21-19-16/h2-3,6-7,11-12H,4-5,8-10H2,1H3,(H,18,19,20,21)/t11-,12-/m1/s1. The molecule has 6 nitrogen and oxygen atoms in total. The van der Waals surface area contributed by atoms with Crippen LogP contribution in [0.4, 0.5) is 4.39 Å². The molecule has 1 fully saturated rings. The van der Waals surface area contributed by atoms with Crippen LogP contribution in [0.2, 0.25) is 0 Å². The van der Waals surface area contributed by atoms with Gasteiger partial charge < -0.3 is 4.90 Å². The molecule has 0 radical (unpaired) electrons. The first kappa shape index (κ1) is 15.6. The summed E-state index contributed by atoms with van der Waals surface area (Å²) in [6, 6.07) is 6.63. The summed E-state index contributed by atoms with van der Waals surface area (Å²) in [6.07, 6.45) is 2.17. The van der Waals surface area contributed by atoms with Crippen molar-refractivity contribution in [3.05, 3.63) is 41.5 Å². The van der Waals surface area contributed by atoms with Crippen molar-refractivity contribution in [2.45, 2.75) is 38.0 Å². The Bertz CT molecular complexity index is 660. The molecule has 7 heteroatoms. The van der Waals surface area contributed by atoms with Crippen LogP contribution in [0.1, 0.15) is 49.4 Å². The third kappa shape index (κ3) is 3.55. The molecule has 0 spiro atoms. The minimum Gasteiger partial charge on any atom is -0.342 e. The lowest BCUT2D eigenvalue weighted by atomic mass is 9.94. The number of carbonyl (C=O) groups excluding carboxylic acids is 1. The maximum absolute atomic E-state index is 13.8. The lowest BCUT2D eigenvalue weighted by Gasteiger charge is -2.32. The second kappa shape index (κ2) is 6.85. The van der Waals surface area contributed by atoms with Gasteiger partial charge in [0.15, 0.2) is 5.82 Å². The molecule has 0 aliphatic carbocycles. The van der Waals surface area contributed by atoms with Crippen molar-refractivity contribution < 1.29 is 9.18 Å². The molecule has 1 amide bonds. The van der Waals surface area contributed by atoms with Crippen LogP contribution in [0.15, 0.2) is 24.3 Å². The Hall–Kier alpha value is -2.31. The van der Waals surface area contributed by atoms with Crippen LogP contribution in [0.5, 0.6) is 0 Å². The molecule has 2 atom stereocenters. The fourth-order valence-electron chi connectivity index (χ4n) is 3.13. The number of likely N-dealkylation sites (tertiary alicyclic amines) is 1. The highest BCUT2D eigenvalue weighted by Crippen LogP contribution is 2.27. The molecule has 1 aromatic carbocycles.